The second-order valence-electron chi connectivity index (χ2n) is 6.24. The summed E-state index contributed by atoms with van der Waals surface area (Å²) in [7, 11) is 0. The molecule has 2 aliphatic carbocycles. The van der Waals surface area contributed by atoms with Crippen molar-refractivity contribution in [3.05, 3.63) is 0 Å². The largest absolute Gasteiger partial charge is 0.315 e. The first-order chi connectivity index (χ1) is 7.75. The van der Waals surface area contributed by atoms with Gasteiger partial charge in [-0.15, -0.1) is 0 Å². The molecule has 2 N–H and O–H groups in total. The van der Waals surface area contributed by atoms with E-state index in [0.717, 1.165) is 43.3 Å². The Balaban J connectivity index is 1.46. The topological polar surface area (TPSA) is 24.1 Å². The van der Waals surface area contributed by atoms with E-state index in [9.17, 15) is 0 Å². The molecule has 0 aliphatic heterocycles. The maximum atomic E-state index is 3.62. The maximum Gasteiger partial charge on any atom is 0.00768 e. The van der Waals surface area contributed by atoms with Crippen molar-refractivity contribution in [2.24, 2.45) is 23.7 Å². The molecule has 2 rings (SSSR count). The van der Waals surface area contributed by atoms with Gasteiger partial charge in [-0.25, -0.2) is 0 Å². The molecule has 3 atom stereocenters. The van der Waals surface area contributed by atoms with Gasteiger partial charge in [0.25, 0.3) is 0 Å². The van der Waals surface area contributed by atoms with Crippen molar-refractivity contribution in [2.75, 3.05) is 26.2 Å². The molecule has 0 aromatic heterocycles. The van der Waals surface area contributed by atoms with Crippen molar-refractivity contribution in [1.82, 2.24) is 10.6 Å². The van der Waals surface area contributed by atoms with Gasteiger partial charge in [-0.1, -0.05) is 20.3 Å². The number of fused-ring (bicyclic) bond motifs is 2. The molecular weight excluding hydrogens is 196 g/mol. The van der Waals surface area contributed by atoms with E-state index >= 15 is 0 Å². The molecular formula is C14H28N2. The summed E-state index contributed by atoms with van der Waals surface area (Å²) in [6.45, 7) is 9.20. The predicted octanol–water partition coefficient (Wildman–Crippen LogP) is 2.26. The van der Waals surface area contributed by atoms with Crippen LogP contribution >= 0.6 is 0 Å². The highest BCUT2D eigenvalue weighted by molar-refractivity contribution is 4.90. The van der Waals surface area contributed by atoms with Gasteiger partial charge in [0, 0.05) is 13.1 Å². The second-order valence-corrected chi connectivity index (χ2v) is 6.24. The average molecular weight is 224 g/mol. The molecule has 0 aromatic carbocycles. The summed E-state index contributed by atoms with van der Waals surface area (Å²) in [4.78, 5) is 0. The summed E-state index contributed by atoms with van der Waals surface area (Å²) in [5.74, 6) is 3.94. The van der Waals surface area contributed by atoms with Gasteiger partial charge in [-0.05, 0) is 56.0 Å². The number of nitrogens with one attached hydrogen (secondary N) is 2. The van der Waals surface area contributed by atoms with Crippen LogP contribution in [0.15, 0.2) is 0 Å². The normalized spacial score (nSPS) is 32.8. The highest BCUT2D eigenvalue weighted by atomic mass is 14.9. The van der Waals surface area contributed by atoms with Crippen molar-refractivity contribution in [3.8, 4) is 0 Å². The molecule has 0 aromatic rings. The Hall–Kier alpha value is -0.0800. The van der Waals surface area contributed by atoms with Gasteiger partial charge >= 0.3 is 0 Å². The van der Waals surface area contributed by atoms with Gasteiger partial charge in [0.05, 0.1) is 0 Å². The molecule has 0 saturated heterocycles. The summed E-state index contributed by atoms with van der Waals surface area (Å²) in [5.41, 5.74) is 0. The molecule has 0 amide bonds. The van der Waals surface area contributed by atoms with E-state index in [-0.39, 0.29) is 0 Å². The lowest BCUT2D eigenvalue weighted by Gasteiger charge is -2.22. The second kappa shape index (κ2) is 6.02. The van der Waals surface area contributed by atoms with Crippen molar-refractivity contribution >= 4 is 0 Å². The van der Waals surface area contributed by atoms with E-state index in [2.05, 4.69) is 24.5 Å². The number of rotatable bonds is 7. The van der Waals surface area contributed by atoms with Crippen LogP contribution in [0.1, 0.15) is 39.5 Å². The third-order valence-electron chi connectivity index (χ3n) is 4.32. The van der Waals surface area contributed by atoms with Crippen LogP contribution in [0.3, 0.4) is 0 Å². The molecule has 2 bridgehead atoms. The molecule has 0 spiro atoms. The molecule has 3 unspecified atom stereocenters. The van der Waals surface area contributed by atoms with E-state index in [0.29, 0.717) is 0 Å². The van der Waals surface area contributed by atoms with Crippen LogP contribution < -0.4 is 10.6 Å². The Labute approximate surface area is 101 Å². The van der Waals surface area contributed by atoms with Gasteiger partial charge < -0.3 is 10.6 Å². The Morgan fingerprint density at radius 2 is 1.88 bits per heavy atom. The lowest BCUT2D eigenvalue weighted by molar-refractivity contribution is 0.319. The zero-order valence-corrected chi connectivity index (χ0v) is 11.0. The van der Waals surface area contributed by atoms with Crippen LogP contribution in [0.5, 0.6) is 0 Å². The van der Waals surface area contributed by atoms with Crippen molar-refractivity contribution < 1.29 is 0 Å². The van der Waals surface area contributed by atoms with Crippen LogP contribution in [-0.4, -0.2) is 26.2 Å². The van der Waals surface area contributed by atoms with Gasteiger partial charge in [-0.3, -0.25) is 0 Å². The monoisotopic (exact) mass is 224 g/mol. The summed E-state index contributed by atoms with van der Waals surface area (Å²) >= 11 is 0. The lowest BCUT2D eigenvalue weighted by atomic mass is 9.89. The fraction of sp³-hybridized carbons (Fsp3) is 1.00. The quantitative estimate of drug-likeness (QED) is 0.648. The van der Waals surface area contributed by atoms with Crippen LogP contribution in [0.4, 0.5) is 0 Å². The van der Waals surface area contributed by atoms with E-state index in [1.807, 2.05) is 0 Å². The van der Waals surface area contributed by atoms with E-state index in [1.54, 1.807) is 0 Å². The molecule has 2 nitrogen and oxygen atoms in total. The first-order valence-electron chi connectivity index (χ1n) is 7.17. The van der Waals surface area contributed by atoms with Gasteiger partial charge in [0.15, 0.2) is 0 Å². The summed E-state index contributed by atoms with van der Waals surface area (Å²) in [5, 5.41) is 7.11. The Bertz CT molecular complexity index is 203. The SMILES string of the molecule is CC(C)CNCCNCC1CC2CCC1C2. The fourth-order valence-corrected chi connectivity index (χ4v) is 3.48. The smallest absolute Gasteiger partial charge is 0.00768 e. The van der Waals surface area contributed by atoms with Crippen molar-refractivity contribution in [1.29, 1.82) is 0 Å². The van der Waals surface area contributed by atoms with Gasteiger partial charge in [-0.2, -0.15) is 0 Å². The molecule has 2 heteroatoms. The zero-order chi connectivity index (χ0) is 11.4. The molecule has 0 radical (unpaired) electrons. The van der Waals surface area contributed by atoms with Crippen molar-refractivity contribution in [2.45, 2.75) is 39.5 Å². The first-order valence-corrected chi connectivity index (χ1v) is 7.17. The molecule has 94 valence electrons. The lowest BCUT2D eigenvalue weighted by Crippen LogP contribution is -2.33. The van der Waals surface area contributed by atoms with Crippen molar-refractivity contribution in [3.63, 3.8) is 0 Å². The van der Waals surface area contributed by atoms with E-state index in [1.165, 1.54) is 32.2 Å². The third kappa shape index (κ3) is 3.46. The van der Waals surface area contributed by atoms with E-state index < -0.39 is 0 Å². The number of hydrogen-bond donors (Lipinski definition) is 2. The Kier molecular flexibility index (Phi) is 4.66. The number of hydrogen-bond acceptors (Lipinski definition) is 2. The standard InChI is InChI=1S/C14H28N2/c1-11(2)9-15-5-6-16-10-14-8-12-3-4-13(14)7-12/h11-16H,3-10H2,1-2H3. The minimum Gasteiger partial charge on any atom is -0.315 e. The molecule has 2 saturated carbocycles. The zero-order valence-electron chi connectivity index (χ0n) is 11.0. The minimum absolute atomic E-state index is 0.769. The van der Waals surface area contributed by atoms with E-state index in [4.69, 9.17) is 0 Å². The van der Waals surface area contributed by atoms with Crippen LogP contribution in [0.2, 0.25) is 0 Å². The Morgan fingerprint density at radius 3 is 2.50 bits per heavy atom. The van der Waals surface area contributed by atoms with Gasteiger partial charge in [0.2, 0.25) is 0 Å². The fourth-order valence-electron chi connectivity index (χ4n) is 3.48. The van der Waals surface area contributed by atoms with Crippen LogP contribution in [0, 0.1) is 23.7 Å². The summed E-state index contributed by atoms with van der Waals surface area (Å²) in [6, 6.07) is 0. The van der Waals surface area contributed by atoms with Crippen LogP contribution in [0.25, 0.3) is 0 Å². The Morgan fingerprint density at radius 1 is 1.06 bits per heavy atom. The molecule has 16 heavy (non-hydrogen) atoms. The first kappa shape index (κ1) is 12.4. The minimum atomic E-state index is 0.769. The third-order valence-corrected chi connectivity index (χ3v) is 4.32. The predicted molar refractivity (Wildman–Crippen MR) is 69.5 cm³/mol. The highest BCUT2D eigenvalue weighted by Crippen LogP contribution is 2.47. The maximum absolute atomic E-state index is 3.62. The molecule has 0 heterocycles. The average Bonchev–Trinajstić information content (AvgIpc) is 2.84. The summed E-state index contributed by atoms with van der Waals surface area (Å²) < 4.78 is 0. The van der Waals surface area contributed by atoms with Crippen LogP contribution in [-0.2, 0) is 0 Å². The highest BCUT2D eigenvalue weighted by Gasteiger charge is 2.38. The molecule has 2 fully saturated rings. The molecule has 2 aliphatic rings. The summed E-state index contributed by atoms with van der Waals surface area (Å²) in [6.07, 6.45) is 6.09. The van der Waals surface area contributed by atoms with Gasteiger partial charge in [0.1, 0.15) is 0 Å².